The van der Waals surface area contributed by atoms with Crippen molar-refractivity contribution in [1.82, 2.24) is 10.1 Å². The number of hydrogen-bond acceptors (Lipinski definition) is 4. The van der Waals surface area contributed by atoms with E-state index in [2.05, 4.69) is 24.0 Å². The van der Waals surface area contributed by atoms with E-state index in [1.807, 2.05) is 0 Å². The third kappa shape index (κ3) is 2.30. The SMILES string of the molecule is Cc1nc([C@H](N)CC(C)C)no1. The molecule has 0 aliphatic carbocycles. The zero-order chi connectivity index (χ0) is 9.14. The van der Waals surface area contributed by atoms with Crippen molar-refractivity contribution < 1.29 is 4.52 Å². The van der Waals surface area contributed by atoms with Crippen LogP contribution in [-0.4, -0.2) is 10.1 Å². The molecule has 2 N–H and O–H groups in total. The van der Waals surface area contributed by atoms with Crippen molar-refractivity contribution in [2.24, 2.45) is 11.7 Å². The quantitative estimate of drug-likeness (QED) is 0.743. The minimum absolute atomic E-state index is 0.0950. The summed E-state index contributed by atoms with van der Waals surface area (Å²) in [7, 11) is 0. The summed E-state index contributed by atoms with van der Waals surface area (Å²) < 4.78 is 4.83. The first-order valence-electron chi connectivity index (χ1n) is 4.15. The highest BCUT2D eigenvalue weighted by Gasteiger charge is 2.13. The van der Waals surface area contributed by atoms with E-state index in [4.69, 9.17) is 10.3 Å². The summed E-state index contributed by atoms with van der Waals surface area (Å²) in [5, 5.41) is 3.76. The van der Waals surface area contributed by atoms with Gasteiger partial charge in [0.25, 0.3) is 0 Å². The molecular weight excluding hydrogens is 154 g/mol. The molecule has 1 rings (SSSR count). The molecule has 0 aromatic carbocycles. The zero-order valence-electron chi connectivity index (χ0n) is 7.74. The minimum atomic E-state index is -0.0950. The van der Waals surface area contributed by atoms with Gasteiger partial charge in [0.2, 0.25) is 5.89 Å². The molecule has 0 bridgehead atoms. The third-order valence-corrected chi connectivity index (χ3v) is 1.60. The molecule has 1 aromatic heterocycles. The van der Waals surface area contributed by atoms with Crippen molar-refractivity contribution >= 4 is 0 Å². The number of nitrogens with two attached hydrogens (primary N) is 1. The fraction of sp³-hybridized carbons (Fsp3) is 0.750. The van der Waals surface area contributed by atoms with Crippen LogP contribution >= 0.6 is 0 Å². The van der Waals surface area contributed by atoms with E-state index in [9.17, 15) is 0 Å². The summed E-state index contributed by atoms with van der Waals surface area (Å²) >= 11 is 0. The molecular formula is C8H15N3O. The van der Waals surface area contributed by atoms with E-state index in [0.29, 0.717) is 17.6 Å². The van der Waals surface area contributed by atoms with Crippen molar-refractivity contribution in [3.05, 3.63) is 11.7 Å². The minimum Gasteiger partial charge on any atom is -0.340 e. The molecule has 0 saturated heterocycles. The Bertz CT molecular complexity index is 244. The molecule has 4 nitrogen and oxygen atoms in total. The van der Waals surface area contributed by atoms with E-state index in [0.717, 1.165) is 6.42 Å². The Morgan fingerprint density at radius 2 is 2.17 bits per heavy atom. The molecule has 0 radical (unpaired) electrons. The van der Waals surface area contributed by atoms with E-state index in [1.54, 1.807) is 6.92 Å². The molecule has 0 amide bonds. The van der Waals surface area contributed by atoms with Crippen LogP contribution in [0.1, 0.15) is 38.0 Å². The Morgan fingerprint density at radius 3 is 2.58 bits per heavy atom. The molecule has 1 heterocycles. The van der Waals surface area contributed by atoms with Gasteiger partial charge in [-0.05, 0) is 12.3 Å². The van der Waals surface area contributed by atoms with Crippen LogP contribution in [0.25, 0.3) is 0 Å². The predicted molar refractivity (Wildman–Crippen MR) is 45.4 cm³/mol. The lowest BCUT2D eigenvalue weighted by atomic mass is 10.0. The van der Waals surface area contributed by atoms with Crippen LogP contribution in [-0.2, 0) is 0 Å². The fourth-order valence-electron chi connectivity index (χ4n) is 1.08. The van der Waals surface area contributed by atoms with Crippen molar-refractivity contribution in [3.63, 3.8) is 0 Å². The van der Waals surface area contributed by atoms with Gasteiger partial charge < -0.3 is 10.3 Å². The third-order valence-electron chi connectivity index (χ3n) is 1.60. The maximum atomic E-state index is 5.82. The van der Waals surface area contributed by atoms with Gasteiger partial charge in [0.15, 0.2) is 5.82 Å². The highest BCUT2D eigenvalue weighted by molar-refractivity contribution is 4.91. The maximum Gasteiger partial charge on any atom is 0.223 e. The number of hydrogen-bond donors (Lipinski definition) is 1. The second kappa shape index (κ2) is 3.67. The van der Waals surface area contributed by atoms with Gasteiger partial charge in [0.05, 0.1) is 6.04 Å². The monoisotopic (exact) mass is 169 g/mol. The number of aromatic nitrogens is 2. The molecule has 0 fully saturated rings. The average molecular weight is 169 g/mol. The van der Waals surface area contributed by atoms with Crippen molar-refractivity contribution in [1.29, 1.82) is 0 Å². The Hall–Kier alpha value is -0.900. The lowest BCUT2D eigenvalue weighted by Gasteiger charge is -2.08. The van der Waals surface area contributed by atoms with Crippen LogP contribution in [0.15, 0.2) is 4.52 Å². The summed E-state index contributed by atoms with van der Waals surface area (Å²) in [6.07, 6.45) is 0.888. The van der Waals surface area contributed by atoms with E-state index < -0.39 is 0 Å². The van der Waals surface area contributed by atoms with Gasteiger partial charge in [-0.3, -0.25) is 0 Å². The van der Waals surface area contributed by atoms with Crippen LogP contribution in [0.2, 0.25) is 0 Å². The van der Waals surface area contributed by atoms with Gasteiger partial charge >= 0.3 is 0 Å². The number of nitrogens with zero attached hydrogens (tertiary/aromatic N) is 2. The summed E-state index contributed by atoms with van der Waals surface area (Å²) in [6.45, 7) is 6.00. The molecule has 0 unspecified atom stereocenters. The first-order valence-corrected chi connectivity index (χ1v) is 4.15. The summed E-state index contributed by atoms with van der Waals surface area (Å²) in [4.78, 5) is 4.06. The molecule has 0 spiro atoms. The lowest BCUT2D eigenvalue weighted by Crippen LogP contribution is -2.14. The maximum absolute atomic E-state index is 5.82. The standard InChI is InChI=1S/C8H15N3O/c1-5(2)4-7(9)8-10-6(3)12-11-8/h5,7H,4,9H2,1-3H3/t7-/m1/s1. The summed E-state index contributed by atoms with van der Waals surface area (Å²) in [5.74, 6) is 1.74. The van der Waals surface area contributed by atoms with Crippen LogP contribution in [0.4, 0.5) is 0 Å². The highest BCUT2D eigenvalue weighted by atomic mass is 16.5. The molecule has 4 heteroatoms. The van der Waals surface area contributed by atoms with Gasteiger partial charge in [0, 0.05) is 6.92 Å². The fourth-order valence-corrected chi connectivity index (χ4v) is 1.08. The van der Waals surface area contributed by atoms with Gasteiger partial charge in [-0.2, -0.15) is 4.98 Å². The molecule has 0 aliphatic rings. The molecule has 0 aliphatic heterocycles. The molecule has 1 aromatic rings. The second-order valence-electron chi connectivity index (χ2n) is 3.41. The molecule has 68 valence electrons. The molecule has 0 saturated carbocycles. The van der Waals surface area contributed by atoms with Gasteiger partial charge in [-0.1, -0.05) is 19.0 Å². The predicted octanol–water partition coefficient (Wildman–Crippen LogP) is 1.42. The Morgan fingerprint density at radius 1 is 1.50 bits per heavy atom. The summed E-state index contributed by atoms with van der Waals surface area (Å²) in [6, 6.07) is -0.0950. The van der Waals surface area contributed by atoms with Crippen LogP contribution in [0.5, 0.6) is 0 Å². The van der Waals surface area contributed by atoms with Gasteiger partial charge in [-0.15, -0.1) is 0 Å². The first kappa shape index (κ1) is 9.19. The summed E-state index contributed by atoms with van der Waals surface area (Å²) in [5.41, 5.74) is 5.82. The lowest BCUT2D eigenvalue weighted by molar-refractivity contribution is 0.377. The zero-order valence-corrected chi connectivity index (χ0v) is 7.74. The van der Waals surface area contributed by atoms with Gasteiger partial charge in [0.1, 0.15) is 0 Å². The largest absolute Gasteiger partial charge is 0.340 e. The van der Waals surface area contributed by atoms with Crippen molar-refractivity contribution in [2.45, 2.75) is 33.2 Å². The molecule has 12 heavy (non-hydrogen) atoms. The number of aryl methyl sites for hydroxylation is 1. The average Bonchev–Trinajstić information content (AvgIpc) is 2.34. The first-order chi connectivity index (χ1) is 5.59. The van der Waals surface area contributed by atoms with E-state index in [1.165, 1.54) is 0 Å². The van der Waals surface area contributed by atoms with Gasteiger partial charge in [-0.25, -0.2) is 0 Å². The Labute approximate surface area is 72.1 Å². The van der Waals surface area contributed by atoms with E-state index in [-0.39, 0.29) is 6.04 Å². The highest BCUT2D eigenvalue weighted by Crippen LogP contribution is 2.15. The second-order valence-corrected chi connectivity index (χ2v) is 3.41. The Kier molecular flexibility index (Phi) is 2.81. The molecule has 1 atom stereocenters. The number of rotatable bonds is 3. The van der Waals surface area contributed by atoms with Crippen molar-refractivity contribution in [2.75, 3.05) is 0 Å². The Balaban J connectivity index is 2.58. The van der Waals surface area contributed by atoms with Crippen molar-refractivity contribution in [3.8, 4) is 0 Å². The van der Waals surface area contributed by atoms with Crippen LogP contribution in [0, 0.1) is 12.8 Å². The smallest absolute Gasteiger partial charge is 0.223 e. The van der Waals surface area contributed by atoms with E-state index >= 15 is 0 Å². The van der Waals surface area contributed by atoms with Crippen LogP contribution < -0.4 is 5.73 Å². The topological polar surface area (TPSA) is 64.9 Å². The normalized spacial score (nSPS) is 13.8. The van der Waals surface area contributed by atoms with Crippen LogP contribution in [0.3, 0.4) is 0 Å².